The van der Waals surface area contributed by atoms with Crippen molar-refractivity contribution < 1.29 is 14.3 Å². The number of nitrogens with one attached hydrogen (secondary N) is 1. The number of carbonyl (C=O) groups is 2. The van der Waals surface area contributed by atoms with Crippen molar-refractivity contribution in [2.45, 2.75) is 13.8 Å². The first-order chi connectivity index (χ1) is 13.0. The fourth-order valence-electron chi connectivity index (χ4n) is 3.32. The van der Waals surface area contributed by atoms with Gasteiger partial charge < -0.3 is 19.9 Å². The van der Waals surface area contributed by atoms with Gasteiger partial charge >= 0.3 is 0 Å². The standard InChI is InChI=1S/C18H28N6O3/c1-14-20-16(18(26)19-3-4-22-9-11-27-12-10-22)13-17(21-14)24-7-5-23(6-8-24)15(2)25/h13H,3-12H2,1-2H3,(H,19,26). The molecule has 2 amide bonds. The molecule has 0 aliphatic carbocycles. The Hall–Kier alpha value is -2.26. The van der Waals surface area contributed by atoms with Gasteiger partial charge in [0.25, 0.3) is 5.91 Å². The lowest BCUT2D eigenvalue weighted by molar-refractivity contribution is -0.129. The number of aryl methyl sites for hydroxylation is 1. The molecule has 1 N–H and O–H groups in total. The van der Waals surface area contributed by atoms with Crippen LogP contribution in [0.2, 0.25) is 0 Å². The maximum Gasteiger partial charge on any atom is 0.270 e. The van der Waals surface area contributed by atoms with E-state index in [1.165, 1.54) is 0 Å². The molecule has 2 saturated heterocycles. The van der Waals surface area contributed by atoms with Gasteiger partial charge in [-0.2, -0.15) is 0 Å². The Morgan fingerprint density at radius 1 is 1.11 bits per heavy atom. The molecule has 0 aromatic carbocycles. The number of hydrogen-bond donors (Lipinski definition) is 1. The molecule has 2 aliphatic rings. The zero-order valence-corrected chi connectivity index (χ0v) is 16.1. The summed E-state index contributed by atoms with van der Waals surface area (Å²) in [5.74, 6) is 1.22. The largest absolute Gasteiger partial charge is 0.379 e. The Bertz CT molecular complexity index is 669. The van der Waals surface area contributed by atoms with Crippen LogP contribution in [0.3, 0.4) is 0 Å². The second kappa shape index (κ2) is 9.09. The van der Waals surface area contributed by atoms with Crippen molar-refractivity contribution in [2.24, 2.45) is 0 Å². The summed E-state index contributed by atoms with van der Waals surface area (Å²) >= 11 is 0. The third-order valence-corrected chi connectivity index (χ3v) is 4.92. The topological polar surface area (TPSA) is 90.9 Å². The van der Waals surface area contributed by atoms with E-state index in [0.29, 0.717) is 44.2 Å². The minimum Gasteiger partial charge on any atom is -0.379 e. The molecule has 27 heavy (non-hydrogen) atoms. The molecule has 3 heterocycles. The zero-order chi connectivity index (χ0) is 19.2. The monoisotopic (exact) mass is 376 g/mol. The molecule has 0 bridgehead atoms. The van der Waals surface area contributed by atoms with Crippen LogP contribution in [-0.2, 0) is 9.53 Å². The second-order valence-electron chi connectivity index (χ2n) is 6.86. The predicted octanol–water partition coefficient (Wildman–Crippen LogP) is -0.484. The van der Waals surface area contributed by atoms with E-state index in [-0.39, 0.29) is 11.8 Å². The maximum atomic E-state index is 12.5. The molecule has 2 aliphatic heterocycles. The van der Waals surface area contributed by atoms with E-state index in [9.17, 15) is 9.59 Å². The number of aromatic nitrogens is 2. The van der Waals surface area contributed by atoms with Crippen molar-refractivity contribution in [3.05, 3.63) is 17.6 Å². The molecule has 1 aromatic rings. The van der Waals surface area contributed by atoms with Crippen LogP contribution in [0.15, 0.2) is 6.07 Å². The summed E-state index contributed by atoms with van der Waals surface area (Å²) in [6.45, 7) is 10.8. The highest BCUT2D eigenvalue weighted by atomic mass is 16.5. The molecule has 148 valence electrons. The number of carbonyl (C=O) groups excluding carboxylic acids is 2. The number of anilines is 1. The minimum atomic E-state index is -0.183. The van der Waals surface area contributed by atoms with Crippen LogP contribution >= 0.6 is 0 Å². The highest BCUT2D eigenvalue weighted by molar-refractivity contribution is 5.93. The van der Waals surface area contributed by atoms with Crippen molar-refractivity contribution in [1.29, 1.82) is 0 Å². The van der Waals surface area contributed by atoms with Gasteiger partial charge in [-0.3, -0.25) is 14.5 Å². The highest BCUT2D eigenvalue weighted by Gasteiger charge is 2.21. The second-order valence-corrected chi connectivity index (χ2v) is 6.86. The first-order valence-electron chi connectivity index (χ1n) is 9.47. The lowest BCUT2D eigenvalue weighted by Gasteiger charge is -2.35. The lowest BCUT2D eigenvalue weighted by atomic mass is 10.2. The Balaban J connectivity index is 1.56. The van der Waals surface area contributed by atoms with Crippen molar-refractivity contribution in [3.8, 4) is 0 Å². The van der Waals surface area contributed by atoms with Crippen LogP contribution in [0.25, 0.3) is 0 Å². The van der Waals surface area contributed by atoms with E-state index in [0.717, 1.165) is 38.7 Å². The fourth-order valence-corrected chi connectivity index (χ4v) is 3.32. The van der Waals surface area contributed by atoms with Gasteiger partial charge in [0.2, 0.25) is 5.91 Å². The summed E-state index contributed by atoms with van der Waals surface area (Å²) in [5.41, 5.74) is 0.383. The smallest absolute Gasteiger partial charge is 0.270 e. The van der Waals surface area contributed by atoms with Gasteiger partial charge in [0.1, 0.15) is 17.3 Å². The summed E-state index contributed by atoms with van der Waals surface area (Å²) in [4.78, 5) is 38.9. The molecule has 0 radical (unpaired) electrons. The van der Waals surface area contributed by atoms with Gasteiger partial charge in [0, 0.05) is 65.3 Å². The van der Waals surface area contributed by atoms with Gasteiger partial charge in [-0.15, -0.1) is 0 Å². The summed E-state index contributed by atoms with van der Waals surface area (Å²) in [6.07, 6.45) is 0. The van der Waals surface area contributed by atoms with Gasteiger partial charge in [0.05, 0.1) is 13.2 Å². The van der Waals surface area contributed by atoms with Crippen LogP contribution < -0.4 is 10.2 Å². The van der Waals surface area contributed by atoms with E-state index in [1.54, 1.807) is 19.9 Å². The molecule has 0 unspecified atom stereocenters. The maximum absolute atomic E-state index is 12.5. The first kappa shape index (κ1) is 19.5. The Morgan fingerprint density at radius 2 is 1.81 bits per heavy atom. The number of rotatable bonds is 5. The lowest BCUT2D eigenvalue weighted by Crippen LogP contribution is -2.48. The van der Waals surface area contributed by atoms with E-state index >= 15 is 0 Å². The fraction of sp³-hybridized carbons (Fsp3) is 0.667. The molecule has 0 spiro atoms. The number of morpholine rings is 1. The van der Waals surface area contributed by atoms with Crippen LogP contribution in [-0.4, -0.2) is 97.2 Å². The molecule has 0 atom stereocenters. The van der Waals surface area contributed by atoms with Gasteiger partial charge in [-0.05, 0) is 6.92 Å². The molecule has 1 aromatic heterocycles. The van der Waals surface area contributed by atoms with Gasteiger partial charge in [-0.1, -0.05) is 0 Å². The number of nitrogens with zero attached hydrogens (tertiary/aromatic N) is 5. The number of amides is 2. The normalized spacial score (nSPS) is 18.4. The average molecular weight is 376 g/mol. The molecule has 9 nitrogen and oxygen atoms in total. The Labute approximate surface area is 159 Å². The zero-order valence-electron chi connectivity index (χ0n) is 16.1. The number of piperazine rings is 1. The van der Waals surface area contributed by atoms with Crippen LogP contribution in [0, 0.1) is 6.92 Å². The Morgan fingerprint density at radius 3 is 2.48 bits per heavy atom. The van der Waals surface area contributed by atoms with Crippen molar-refractivity contribution in [2.75, 3.05) is 70.5 Å². The van der Waals surface area contributed by atoms with Gasteiger partial charge in [-0.25, -0.2) is 9.97 Å². The molecule has 0 saturated carbocycles. The average Bonchev–Trinajstić information content (AvgIpc) is 2.68. The van der Waals surface area contributed by atoms with E-state index in [1.807, 2.05) is 4.90 Å². The van der Waals surface area contributed by atoms with Crippen LogP contribution in [0.1, 0.15) is 23.2 Å². The van der Waals surface area contributed by atoms with Crippen molar-refractivity contribution in [1.82, 2.24) is 25.1 Å². The SMILES string of the molecule is CC(=O)N1CCN(c2cc(C(=O)NCCN3CCOCC3)nc(C)n2)CC1. The molecule has 2 fully saturated rings. The van der Waals surface area contributed by atoms with Crippen molar-refractivity contribution in [3.63, 3.8) is 0 Å². The van der Waals surface area contributed by atoms with Crippen LogP contribution in [0.4, 0.5) is 5.82 Å². The highest BCUT2D eigenvalue weighted by Crippen LogP contribution is 2.15. The summed E-state index contributed by atoms with van der Waals surface area (Å²) in [5, 5.41) is 2.94. The minimum absolute atomic E-state index is 0.0915. The molecule has 3 rings (SSSR count). The predicted molar refractivity (Wildman–Crippen MR) is 101 cm³/mol. The molecule has 9 heteroatoms. The van der Waals surface area contributed by atoms with Crippen LogP contribution in [0.5, 0.6) is 0 Å². The molecular weight excluding hydrogens is 348 g/mol. The summed E-state index contributed by atoms with van der Waals surface area (Å²) in [6, 6.07) is 1.74. The third-order valence-electron chi connectivity index (χ3n) is 4.92. The van der Waals surface area contributed by atoms with Gasteiger partial charge in [0.15, 0.2) is 0 Å². The van der Waals surface area contributed by atoms with E-state index in [4.69, 9.17) is 4.74 Å². The summed E-state index contributed by atoms with van der Waals surface area (Å²) < 4.78 is 5.33. The first-order valence-corrected chi connectivity index (χ1v) is 9.47. The third kappa shape index (κ3) is 5.36. The Kier molecular flexibility index (Phi) is 6.57. The number of ether oxygens (including phenoxy) is 1. The summed E-state index contributed by atoms with van der Waals surface area (Å²) in [7, 11) is 0. The molecular formula is C18H28N6O3. The van der Waals surface area contributed by atoms with E-state index < -0.39 is 0 Å². The van der Waals surface area contributed by atoms with Crippen molar-refractivity contribution >= 4 is 17.6 Å². The van der Waals surface area contributed by atoms with E-state index in [2.05, 4.69) is 25.1 Å². The quantitative estimate of drug-likeness (QED) is 0.742. The number of hydrogen-bond acceptors (Lipinski definition) is 7.